The highest BCUT2D eigenvalue weighted by Crippen LogP contribution is 2.33. The maximum Gasteiger partial charge on any atom is 0.349 e. The normalized spacial score (nSPS) is 15.8. The van der Waals surface area contributed by atoms with E-state index in [-0.39, 0.29) is 11.5 Å². The molecule has 2 heterocycles. The first kappa shape index (κ1) is 18.4. The van der Waals surface area contributed by atoms with E-state index in [0.29, 0.717) is 21.8 Å². The van der Waals surface area contributed by atoms with E-state index in [2.05, 4.69) is 17.8 Å². The third-order valence-corrected chi connectivity index (χ3v) is 6.40. The first-order chi connectivity index (χ1) is 13.5. The van der Waals surface area contributed by atoms with Crippen LogP contribution in [0.4, 0.5) is 0 Å². The van der Waals surface area contributed by atoms with E-state index in [9.17, 15) is 14.4 Å². The lowest BCUT2D eigenvalue weighted by molar-refractivity contribution is 0.0846. The molecule has 0 unspecified atom stereocenters. The number of para-hydroxylation sites is 1. The van der Waals surface area contributed by atoms with Crippen molar-refractivity contribution < 1.29 is 14.0 Å². The van der Waals surface area contributed by atoms with Crippen molar-refractivity contribution in [2.24, 2.45) is 5.92 Å². The van der Waals surface area contributed by atoms with Crippen molar-refractivity contribution in [2.45, 2.75) is 32.6 Å². The Hall–Kier alpha value is -2.93. The summed E-state index contributed by atoms with van der Waals surface area (Å²) < 4.78 is 5.15. The average Bonchev–Trinajstić information content (AvgIpc) is 3.14. The minimum Gasteiger partial charge on any atom is -0.422 e. The molecule has 6 nitrogen and oxygen atoms in total. The molecule has 144 valence electrons. The molecule has 3 aromatic rings. The fraction of sp³-hybridized carbons (Fsp3) is 0.286. The van der Waals surface area contributed by atoms with E-state index in [4.69, 9.17) is 4.42 Å². The van der Waals surface area contributed by atoms with Gasteiger partial charge in [0, 0.05) is 10.3 Å². The highest BCUT2D eigenvalue weighted by atomic mass is 32.1. The standard InChI is InChI=1S/C21H20N2O4S/c1-2-12-7-8-17-14(9-12)11-18(28-17)20(25)23-22-19(24)15-10-13-5-3-4-6-16(13)27-21(15)26/h3-6,10-12H,2,7-9H2,1H3,(H,22,24)(H,23,25)/t12-/m0/s1. The Morgan fingerprint density at radius 2 is 1.96 bits per heavy atom. The third kappa shape index (κ3) is 3.57. The van der Waals surface area contributed by atoms with Gasteiger partial charge in [0.2, 0.25) is 0 Å². The Morgan fingerprint density at radius 3 is 2.79 bits per heavy atom. The van der Waals surface area contributed by atoms with Crippen LogP contribution in [-0.2, 0) is 12.8 Å². The molecule has 1 aliphatic carbocycles. The maximum absolute atomic E-state index is 12.4. The minimum atomic E-state index is -0.748. The zero-order valence-electron chi connectivity index (χ0n) is 15.4. The van der Waals surface area contributed by atoms with Crippen LogP contribution in [0.1, 0.15) is 50.2 Å². The SMILES string of the molecule is CC[C@H]1CCc2sc(C(=O)NNC(=O)c3cc4ccccc4oc3=O)cc2C1. The number of hydrogen-bond acceptors (Lipinski definition) is 5. The van der Waals surface area contributed by atoms with Gasteiger partial charge in [-0.05, 0) is 48.9 Å². The molecule has 2 aromatic heterocycles. The predicted molar refractivity (Wildman–Crippen MR) is 108 cm³/mol. The van der Waals surface area contributed by atoms with Crippen LogP contribution >= 0.6 is 11.3 Å². The molecule has 1 aliphatic rings. The van der Waals surface area contributed by atoms with Gasteiger partial charge in [0.1, 0.15) is 11.1 Å². The Balaban J connectivity index is 1.45. The highest BCUT2D eigenvalue weighted by molar-refractivity contribution is 7.14. The van der Waals surface area contributed by atoms with Crippen molar-refractivity contribution >= 4 is 34.1 Å². The number of nitrogens with one attached hydrogen (secondary N) is 2. The lowest BCUT2D eigenvalue weighted by Gasteiger charge is -2.19. The molecule has 0 saturated heterocycles. The second kappa shape index (κ2) is 7.59. The van der Waals surface area contributed by atoms with Gasteiger partial charge in [0.15, 0.2) is 0 Å². The molecule has 0 saturated carbocycles. The van der Waals surface area contributed by atoms with Crippen LogP contribution in [0.15, 0.2) is 45.6 Å². The lowest BCUT2D eigenvalue weighted by Crippen LogP contribution is -2.42. The van der Waals surface area contributed by atoms with Crippen LogP contribution in [0.5, 0.6) is 0 Å². The quantitative estimate of drug-likeness (QED) is 0.524. The van der Waals surface area contributed by atoms with Crippen LogP contribution in [0.2, 0.25) is 0 Å². The Labute approximate surface area is 165 Å². The van der Waals surface area contributed by atoms with Gasteiger partial charge in [-0.2, -0.15) is 0 Å². The first-order valence-electron chi connectivity index (χ1n) is 9.30. The fourth-order valence-corrected chi connectivity index (χ4v) is 4.63. The summed E-state index contributed by atoms with van der Waals surface area (Å²) in [6, 6.07) is 10.3. The van der Waals surface area contributed by atoms with Gasteiger partial charge in [-0.3, -0.25) is 20.4 Å². The number of aryl methyl sites for hydroxylation is 1. The van der Waals surface area contributed by atoms with Gasteiger partial charge < -0.3 is 4.42 Å². The monoisotopic (exact) mass is 396 g/mol. The van der Waals surface area contributed by atoms with Gasteiger partial charge >= 0.3 is 5.63 Å². The van der Waals surface area contributed by atoms with Crippen LogP contribution in [-0.4, -0.2) is 11.8 Å². The third-order valence-electron chi connectivity index (χ3n) is 5.16. The van der Waals surface area contributed by atoms with Crippen LogP contribution < -0.4 is 16.5 Å². The first-order valence-corrected chi connectivity index (χ1v) is 10.1. The summed E-state index contributed by atoms with van der Waals surface area (Å²) >= 11 is 1.46. The molecule has 0 spiro atoms. The zero-order valence-corrected chi connectivity index (χ0v) is 16.2. The second-order valence-electron chi connectivity index (χ2n) is 6.97. The Bertz CT molecular complexity index is 1120. The summed E-state index contributed by atoms with van der Waals surface area (Å²) in [5.41, 5.74) is 5.44. The van der Waals surface area contributed by atoms with Gasteiger partial charge in [0.05, 0.1) is 4.88 Å². The highest BCUT2D eigenvalue weighted by Gasteiger charge is 2.22. The molecular weight excluding hydrogens is 376 g/mol. The van der Waals surface area contributed by atoms with Crippen LogP contribution in [0, 0.1) is 5.92 Å². The molecule has 0 radical (unpaired) electrons. The number of carbonyl (C=O) groups excluding carboxylic acids is 2. The Kier molecular flexibility index (Phi) is 5.00. The molecular formula is C21H20N2O4S. The minimum absolute atomic E-state index is 0.157. The molecule has 2 N–H and O–H groups in total. The molecule has 28 heavy (non-hydrogen) atoms. The molecule has 0 bridgehead atoms. The van der Waals surface area contributed by atoms with Gasteiger partial charge in [-0.1, -0.05) is 31.5 Å². The van der Waals surface area contributed by atoms with Crippen LogP contribution in [0.25, 0.3) is 11.0 Å². The number of benzene rings is 1. The van der Waals surface area contributed by atoms with Crippen molar-refractivity contribution in [3.05, 3.63) is 67.7 Å². The summed E-state index contributed by atoms with van der Waals surface area (Å²) in [7, 11) is 0. The molecule has 0 aliphatic heterocycles. The summed E-state index contributed by atoms with van der Waals surface area (Å²) in [6.45, 7) is 2.19. The van der Waals surface area contributed by atoms with Crippen molar-refractivity contribution in [1.82, 2.24) is 10.9 Å². The number of thiophene rings is 1. The van der Waals surface area contributed by atoms with E-state index in [0.717, 1.165) is 25.7 Å². The van der Waals surface area contributed by atoms with Gasteiger partial charge in [0.25, 0.3) is 11.8 Å². The largest absolute Gasteiger partial charge is 0.422 e. The number of fused-ring (bicyclic) bond motifs is 2. The van der Waals surface area contributed by atoms with E-state index >= 15 is 0 Å². The van der Waals surface area contributed by atoms with Gasteiger partial charge in [-0.15, -0.1) is 11.3 Å². The number of hydrazine groups is 1. The van der Waals surface area contributed by atoms with Gasteiger partial charge in [-0.25, -0.2) is 4.79 Å². The fourth-order valence-electron chi connectivity index (χ4n) is 3.52. The maximum atomic E-state index is 12.4. The van der Waals surface area contributed by atoms with Crippen molar-refractivity contribution in [3.63, 3.8) is 0 Å². The molecule has 1 atom stereocenters. The van der Waals surface area contributed by atoms with E-state index in [1.165, 1.54) is 27.8 Å². The summed E-state index contributed by atoms with van der Waals surface area (Å²) in [5, 5.41) is 0.634. The number of rotatable bonds is 3. The van der Waals surface area contributed by atoms with E-state index in [1.807, 2.05) is 6.07 Å². The van der Waals surface area contributed by atoms with Crippen LogP contribution in [0.3, 0.4) is 0 Å². The zero-order chi connectivity index (χ0) is 19.7. The van der Waals surface area contributed by atoms with Crippen molar-refractivity contribution in [3.8, 4) is 0 Å². The summed E-state index contributed by atoms with van der Waals surface area (Å²) in [4.78, 5) is 38.6. The molecule has 2 amide bonds. The van der Waals surface area contributed by atoms with E-state index < -0.39 is 11.5 Å². The number of amides is 2. The number of carbonyl (C=O) groups is 2. The smallest absolute Gasteiger partial charge is 0.349 e. The molecule has 4 rings (SSSR count). The lowest BCUT2D eigenvalue weighted by atomic mass is 9.87. The van der Waals surface area contributed by atoms with Crippen molar-refractivity contribution in [1.29, 1.82) is 0 Å². The average molecular weight is 396 g/mol. The predicted octanol–water partition coefficient (Wildman–Crippen LogP) is 3.44. The topological polar surface area (TPSA) is 88.4 Å². The summed E-state index contributed by atoms with van der Waals surface area (Å²) in [5.74, 6) is -0.420. The van der Waals surface area contributed by atoms with Crippen molar-refractivity contribution in [2.75, 3.05) is 0 Å². The molecule has 7 heteroatoms. The Morgan fingerprint density at radius 1 is 1.18 bits per heavy atom. The van der Waals surface area contributed by atoms with E-state index in [1.54, 1.807) is 24.3 Å². The molecule has 1 aromatic carbocycles. The second-order valence-corrected chi connectivity index (χ2v) is 8.11. The molecule has 0 fully saturated rings. The number of hydrogen-bond donors (Lipinski definition) is 2. The summed E-state index contributed by atoms with van der Waals surface area (Å²) in [6.07, 6.45) is 4.29.